The van der Waals surface area contributed by atoms with Crippen LogP contribution in [-0.2, 0) is 6.54 Å². The van der Waals surface area contributed by atoms with Gasteiger partial charge in [0.1, 0.15) is 17.3 Å². The maximum Gasteiger partial charge on any atom is 0.274 e. The first-order valence-electron chi connectivity index (χ1n) is 8.07. The number of aromatic nitrogens is 3. The van der Waals surface area contributed by atoms with Crippen LogP contribution in [0.15, 0.2) is 48.8 Å². The van der Waals surface area contributed by atoms with Crippen molar-refractivity contribution < 1.29 is 4.79 Å². The molecule has 0 aliphatic rings. The normalized spacial score (nSPS) is 10.4. The second-order valence-electron chi connectivity index (χ2n) is 5.81. The topological polar surface area (TPSA) is 79.8 Å². The Bertz CT molecular complexity index is 930. The maximum absolute atomic E-state index is 12.6. The fourth-order valence-corrected chi connectivity index (χ4v) is 2.65. The van der Waals surface area contributed by atoms with Crippen LogP contribution in [0, 0.1) is 13.8 Å². The molecule has 0 unspecified atom stereocenters. The van der Waals surface area contributed by atoms with Crippen LogP contribution < -0.4 is 10.6 Å². The first-order chi connectivity index (χ1) is 12.5. The molecule has 1 aromatic carbocycles. The number of nitrogens with zero attached hydrogens (tertiary/aromatic N) is 3. The van der Waals surface area contributed by atoms with E-state index < -0.39 is 0 Å². The highest BCUT2D eigenvalue weighted by molar-refractivity contribution is 6.30. The first kappa shape index (κ1) is 17.8. The monoisotopic (exact) mass is 367 g/mol. The zero-order chi connectivity index (χ0) is 18.5. The Morgan fingerprint density at radius 1 is 1.15 bits per heavy atom. The minimum Gasteiger partial charge on any atom is -0.366 e. The number of anilines is 2. The van der Waals surface area contributed by atoms with E-state index in [1.54, 1.807) is 43.6 Å². The predicted molar refractivity (Wildman–Crippen MR) is 102 cm³/mol. The average Bonchev–Trinajstić information content (AvgIpc) is 2.63. The molecule has 3 rings (SSSR count). The highest BCUT2D eigenvalue weighted by Crippen LogP contribution is 2.20. The van der Waals surface area contributed by atoms with Crippen LogP contribution in [0.3, 0.4) is 0 Å². The van der Waals surface area contributed by atoms with Crippen molar-refractivity contribution in [2.45, 2.75) is 20.4 Å². The van der Waals surface area contributed by atoms with Gasteiger partial charge in [0.15, 0.2) is 0 Å². The molecule has 0 fully saturated rings. The number of amides is 1. The van der Waals surface area contributed by atoms with Gasteiger partial charge in [-0.25, -0.2) is 9.97 Å². The van der Waals surface area contributed by atoms with Crippen LogP contribution in [0.25, 0.3) is 0 Å². The van der Waals surface area contributed by atoms with E-state index in [0.29, 0.717) is 34.6 Å². The number of aryl methyl sites for hydroxylation is 2. The zero-order valence-corrected chi connectivity index (χ0v) is 15.2. The Hall–Kier alpha value is -2.99. The van der Waals surface area contributed by atoms with E-state index in [9.17, 15) is 4.79 Å². The summed E-state index contributed by atoms with van der Waals surface area (Å²) in [5, 5.41) is 6.67. The largest absolute Gasteiger partial charge is 0.366 e. The molecule has 0 spiro atoms. The van der Waals surface area contributed by atoms with Crippen molar-refractivity contribution in [3.8, 4) is 0 Å². The molecule has 0 aliphatic carbocycles. The predicted octanol–water partition coefficient (Wildman–Crippen LogP) is 4.01. The first-order valence-corrected chi connectivity index (χ1v) is 8.45. The van der Waals surface area contributed by atoms with E-state index in [-0.39, 0.29) is 5.91 Å². The maximum atomic E-state index is 12.6. The van der Waals surface area contributed by atoms with Gasteiger partial charge in [-0.15, -0.1) is 0 Å². The van der Waals surface area contributed by atoms with Crippen LogP contribution >= 0.6 is 11.6 Å². The number of nitrogens with one attached hydrogen (secondary N) is 2. The van der Waals surface area contributed by atoms with Gasteiger partial charge < -0.3 is 10.6 Å². The molecule has 7 heteroatoms. The third-order valence-corrected chi connectivity index (χ3v) is 3.94. The van der Waals surface area contributed by atoms with Crippen molar-refractivity contribution in [1.82, 2.24) is 15.0 Å². The summed E-state index contributed by atoms with van der Waals surface area (Å²) in [6, 6.07) is 10.8. The molecule has 3 aromatic rings. The van der Waals surface area contributed by atoms with Gasteiger partial charge in [0.2, 0.25) is 0 Å². The second-order valence-corrected chi connectivity index (χ2v) is 6.25. The number of pyridine rings is 1. The second kappa shape index (κ2) is 7.93. The summed E-state index contributed by atoms with van der Waals surface area (Å²) in [6.07, 6.45) is 3.50. The van der Waals surface area contributed by atoms with Crippen molar-refractivity contribution in [2.75, 3.05) is 10.6 Å². The van der Waals surface area contributed by atoms with Gasteiger partial charge in [-0.05, 0) is 49.2 Å². The molecular formula is C19H18ClN5O. The SMILES string of the molecule is Cc1nc(NCc2cccnc2)cc(C(=O)Nc2ccc(Cl)cc2C)n1. The van der Waals surface area contributed by atoms with Gasteiger partial charge in [-0.2, -0.15) is 0 Å². The molecule has 0 saturated carbocycles. The number of carbonyl (C=O) groups is 1. The van der Waals surface area contributed by atoms with Crippen molar-refractivity contribution in [3.05, 3.63) is 76.5 Å². The van der Waals surface area contributed by atoms with Gasteiger partial charge in [0.25, 0.3) is 5.91 Å². The van der Waals surface area contributed by atoms with Gasteiger partial charge in [0, 0.05) is 35.7 Å². The van der Waals surface area contributed by atoms with E-state index in [4.69, 9.17) is 11.6 Å². The third kappa shape index (κ3) is 4.55. The number of halogens is 1. The highest BCUT2D eigenvalue weighted by atomic mass is 35.5. The molecule has 26 heavy (non-hydrogen) atoms. The lowest BCUT2D eigenvalue weighted by atomic mass is 10.2. The summed E-state index contributed by atoms with van der Waals surface area (Å²) in [5.74, 6) is 0.795. The van der Waals surface area contributed by atoms with Crippen molar-refractivity contribution in [2.24, 2.45) is 0 Å². The molecule has 0 aliphatic heterocycles. The zero-order valence-electron chi connectivity index (χ0n) is 14.5. The average molecular weight is 368 g/mol. The summed E-state index contributed by atoms with van der Waals surface area (Å²) < 4.78 is 0. The Kier molecular flexibility index (Phi) is 5.43. The molecule has 2 N–H and O–H groups in total. The number of hydrogen-bond acceptors (Lipinski definition) is 5. The molecule has 0 radical (unpaired) electrons. The number of rotatable bonds is 5. The Morgan fingerprint density at radius 2 is 2.00 bits per heavy atom. The smallest absolute Gasteiger partial charge is 0.274 e. The Labute approximate surface area is 156 Å². The van der Waals surface area contributed by atoms with Gasteiger partial charge in [-0.1, -0.05) is 17.7 Å². The number of benzene rings is 1. The molecule has 0 saturated heterocycles. The van der Waals surface area contributed by atoms with Crippen LogP contribution in [0.1, 0.15) is 27.4 Å². The summed E-state index contributed by atoms with van der Waals surface area (Å²) in [5.41, 5.74) is 2.89. The van der Waals surface area contributed by atoms with Crippen LogP contribution in [0.4, 0.5) is 11.5 Å². The molecular weight excluding hydrogens is 350 g/mol. The summed E-state index contributed by atoms with van der Waals surface area (Å²) in [4.78, 5) is 25.2. The molecule has 2 heterocycles. The number of carbonyl (C=O) groups excluding carboxylic acids is 1. The lowest BCUT2D eigenvalue weighted by molar-refractivity contribution is 0.102. The van der Waals surface area contributed by atoms with E-state index in [1.807, 2.05) is 19.1 Å². The molecule has 2 aromatic heterocycles. The van der Waals surface area contributed by atoms with Crippen molar-refractivity contribution in [1.29, 1.82) is 0 Å². The fourth-order valence-electron chi connectivity index (χ4n) is 2.42. The van der Waals surface area contributed by atoms with Gasteiger partial charge in [-0.3, -0.25) is 9.78 Å². The molecule has 1 amide bonds. The molecule has 0 atom stereocenters. The lowest BCUT2D eigenvalue weighted by Gasteiger charge is -2.11. The summed E-state index contributed by atoms with van der Waals surface area (Å²) in [7, 11) is 0. The Balaban J connectivity index is 1.75. The fraction of sp³-hybridized carbons (Fsp3) is 0.158. The van der Waals surface area contributed by atoms with E-state index >= 15 is 0 Å². The Morgan fingerprint density at radius 3 is 2.73 bits per heavy atom. The highest BCUT2D eigenvalue weighted by Gasteiger charge is 2.12. The van der Waals surface area contributed by atoms with Crippen molar-refractivity contribution in [3.63, 3.8) is 0 Å². The van der Waals surface area contributed by atoms with Gasteiger partial charge >= 0.3 is 0 Å². The van der Waals surface area contributed by atoms with E-state index in [1.165, 1.54) is 0 Å². The van der Waals surface area contributed by atoms with E-state index in [2.05, 4.69) is 25.6 Å². The standard InChI is InChI=1S/C19H18ClN5O/c1-12-8-15(20)5-6-16(12)25-19(26)17-9-18(24-13(2)23-17)22-11-14-4-3-7-21-10-14/h3-10H,11H2,1-2H3,(H,25,26)(H,22,23,24). The van der Waals surface area contributed by atoms with Gasteiger partial charge in [0.05, 0.1) is 0 Å². The molecule has 132 valence electrons. The summed E-state index contributed by atoms with van der Waals surface area (Å²) >= 11 is 5.95. The van der Waals surface area contributed by atoms with E-state index in [0.717, 1.165) is 11.1 Å². The van der Waals surface area contributed by atoms with Crippen LogP contribution in [0.2, 0.25) is 5.02 Å². The van der Waals surface area contributed by atoms with Crippen molar-refractivity contribution >= 4 is 29.0 Å². The van der Waals surface area contributed by atoms with Crippen LogP contribution in [-0.4, -0.2) is 20.9 Å². The number of hydrogen-bond donors (Lipinski definition) is 2. The summed E-state index contributed by atoms with van der Waals surface area (Å²) in [6.45, 7) is 4.19. The minimum atomic E-state index is -0.301. The molecule has 0 bridgehead atoms. The molecule has 6 nitrogen and oxygen atoms in total. The lowest BCUT2D eigenvalue weighted by Crippen LogP contribution is -2.16. The minimum absolute atomic E-state index is 0.292. The quantitative estimate of drug-likeness (QED) is 0.712. The van der Waals surface area contributed by atoms with Crippen LogP contribution in [0.5, 0.6) is 0 Å². The third-order valence-electron chi connectivity index (χ3n) is 3.70.